The van der Waals surface area contributed by atoms with Gasteiger partial charge in [0.15, 0.2) is 11.5 Å². The summed E-state index contributed by atoms with van der Waals surface area (Å²) in [4.78, 5) is 14.3. The topological polar surface area (TPSA) is 64.8 Å². The van der Waals surface area contributed by atoms with Crippen molar-refractivity contribution in [2.24, 2.45) is 11.1 Å². The lowest BCUT2D eigenvalue weighted by Gasteiger charge is -2.31. The molecule has 0 aliphatic carbocycles. The van der Waals surface area contributed by atoms with E-state index in [0.717, 1.165) is 17.1 Å². The molecule has 2 N–H and O–H groups in total. The molecule has 0 unspecified atom stereocenters. The van der Waals surface area contributed by atoms with E-state index in [1.54, 1.807) is 4.90 Å². The number of ether oxygens (including phenoxy) is 2. The van der Waals surface area contributed by atoms with Gasteiger partial charge in [-0.2, -0.15) is 0 Å². The van der Waals surface area contributed by atoms with Gasteiger partial charge in [0.1, 0.15) is 0 Å². The third kappa shape index (κ3) is 3.47. The van der Waals surface area contributed by atoms with Crippen LogP contribution in [0, 0.1) is 5.41 Å². The highest BCUT2D eigenvalue weighted by Gasteiger charge is 2.30. The summed E-state index contributed by atoms with van der Waals surface area (Å²) in [6, 6.07) is 5.23. The van der Waals surface area contributed by atoms with E-state index in [-0.39, 0.29) is 18.1 Å². The summed E-state index contributed by atoms with van der Waals surface area (Å²) in [5.74, 6) is 1.46. The van der Waals surface area contributed by atoms with Crippen LogP contribution >= 0.6 is 0 Å². The molecular weight excluding hydrogens is 268 g/mol. The zero-order chi connectivity index (χ0) is 15.6. The van der Waals surface area contributed by atoms with Gasteiger partial charge in [-0.3, -0.25) is 4.79 Å². The van der Waals surface area contributed by atoms with Gasteiger partial charge in [0.2, 0.25) is 12.7 Å². The molecule has 1 aromatic rings. The van der Waals surface area contributed by atoms with Gasteiger partial charge in [-0.05, 0) is 30.0 Å². The summed E-state index contributed by atoms with van der Waals surface area (Å²) in [6.45, 7) is 9.29. The summed E-state index contributed by atoms with van der Waals surface area (Å²) >= 11 is 0. The molecule has 1 aromatic carbocycles. The number of benzene rings is 1. The van der Waals surface area contributed by atoms with Gasteiger partial charge in [-0.25, -0.2) is 0 Å². The van der Waals surface area contributed by atoms with Crippen LogP contribution in [0.5, 0.6) is 11.5 Å². The molecule has 2 rings (SSSR count). The molecule has 0 radical (unpaired) electrons. The van der Waals surface area contributed by atoms with Crippen LogP contribution in [0.3, 0.4) is 0 Å². The van der Waals surface area contributed by atoms with Crippen molar-refractivity contribution in [1.82, 2.24) is 4.90 Å². The first-order valence-corrected chi connectivity index (χ1v) is 7.26. The van der Waals surface area contributed by atoms with Crippen LogP contribution in [0.15, 0.2) is 18.2 Å². The van der Waals surface area contributed by atoms with Crippen molar-refractivity contribution in [3.8, 4) is 11.5 Å². The highest BCUT2D eigenvalue weighted by Crippen LogP contribution is 2.33. The summed E-state index contributed by atoms with van der Waals surface area (Å²) in [5.41, 5.74) is 6.84. The van der Waals surface area contributed by atoms with Crippen molar-refractivity contribution in [1.29, 1.82) is 0 Å². The fourth-order valence-corrected chi connectivity index (χ4v) is 2.17. The average Bonchev–Trinajstić information content (AvgIpc) is 2.89. The first-order valence-electron chi connectivity index (χ1n) is 7.26. The molecule has 0 fully saturated rings. The molecule has 5 heteroatoms. The summed E-state index contributed by atoms with van der Waals surface area (Å²) < 4.78 is 10.7. The van der Waals surface area contributed by atoms with Crippen LogP contribution in [0.4, 0.5) is 0 Å². The molecule has 1 aliphatic rings. The highest BCUT2D eigenvalue weighted by atomic mass is 16.7. The van der Waals surface area contributed by atoms with Crippen molar-refractivity contribution in [3.05, 3.63) is 23.8 Å². The van der Waals surface area contributed by atoms with E-state index < -0.39 is 6.04 Å². The maximum Gasteiger partial charge on any atom is 0.240 e. The molecule has 21 heavy (non-hydrogen) atoms. The largest absolute Gasteiger partial charge is 0.454 e. The van der Waals surface area contributed by atoms with Gasteiger partial charge >= 0.3 is 0 Å². The standard InChI is InChI=1S/C16H24N2O3/c1-5-18(15(19)14(17)16(2,3)4)9-11-6-7-12-13(8-11)21-10-20-12/h6-8,14H,5,9-10,17H2,1-4H3/t14-/m0/s1. The van der Waals surface area contributed by atoms with E-state index in [9.17, 15) is 4.79 Å². The number of nitrogens with two attached hydrogens (primary N) is 1. The van der Waals surface area contributed by atoms with E-state index >= 15 is 0 Å². The highest BCUT2D eigenvalue weighted by molar-refractivity contribution is 5.82. The third-order valence-corrected chi connectivity index (χ3v) is 3.70. The van der Waals surface area contributed by atoms with E-state index in [4.69, 9.17) is 15.2 Å². The van der Waals surface area contributed by atoms with E-state index in [1.165, 1.54) is 0 Å². The Labute approximate surface area is 126 Å². The fraction of sp³-hybridized carbons (Fsp3) is 0.562. The van der Waals surface area contributed by atoms with Crippen LogP contribution in [-0.4, -0.2) is 30.2 Å². The van der Waals surface area contributed by atoms with Gasteiger partial charge in [0.05, 0.1) is 6.04 Å². The van der Waals surface area contributed by atoms with Crippen molar-refractivity contribution >= 4 is 5.91 Å². The van der Waals surface area contributed by atoms with Crippen molar-refractivity contribution in [2.45, 2.75) is 40.3 Å². The molecule has 0 spiro atoms. The molecule has 116 valence electrons. The number of hydrogen-bond acceptors (Lipinski definition) is 4. The molecule has 0 bridgehead atoms. The summed E-state index contributed by atoms with van der Waals surface area (Å²) in [5, 5.41) is 0. The molecule has 5 nitrogen and oxygen atoms in total. The van der Waals surface area contributed by atoms with Crippen LogP contribution in [0.1, 0.15) is 33.3 Å². The Morgan fingerprint density at radius 3 is 2.62 bits per heavy atom. The number of likely N-dealkylation sites (N-methyl/N-ethyl adjacent to an activating group) is 1. The lowest BCUT2D eigenvalue weighted by molar-refractivity contribution is -0.135. The first kappa shape index (κ1) is 15.6. The molecular formula is C16H24N2O3. The number of carbonyl (C=O) groups excluding carboxylic acids is 1. The predicted molar refractivity (Wildman–Crippen MR) is 81.1 cm³/mol. The fourth-order valence-electron chi connectivity index (χ4n) is 2.17. The van der Waals surface area contributed by atoms with Crippen LogP contribution < -0.4 is 15.2 Å². The number of amides is 1. The number of hydrogen-bond donors (Lipinski definition) is 1. The van der Waals surface area contributed by atoms with Crippen LogP contribution in [0.25, 0.3) is 0 Å². The molecule has 1 amide bonds. The number of nitrogens with zero attached hydrogens (tertiary/aromatic N) is 1. The maximum atomic E-state index is 12.5. The third-order valence-electron chi connectivity index (χ3n) is 3.70. The van der Waals surface area contributed by atoms with Gasteiger partial charge in [0.25, 0.3) is 0 Å². The van der Waals surface area contributed by atoms with E-state index in [1.807, 2.05) is 45.9 Å². The summed E-state index contributed by atoms with van der Waals surface area (Å²) in [7, 11) is 0. The molecule has 0 saturated carbocycles. The Balaban J connectivity index is 2.10. The van der Waals surface area contributed by atoms with Crippen molar-refractivity contribution < 1.29 is 14.3 Å². The Kier molecular flexibility index (Phi) is 4.42. The molecule has 1 aliphatic heterocycles. The number of carbonyl (C=O) groups is 1. The van der Waals surface area contributed by atoms with Gasteiger partial charge in [0, 0.05) is 13.1 Å². The second-order valence-corrected chi connectivity index (χ2v) is 6.38. The summed E-state index contributed by atoms with van der Waals surface area (Å²) in [6.07, 6.45) is 0. The quantitative estimate of drug-likeness (QED) is 0.923. The SMILES string of the molecule is CCN(Cc1ccc2c(c1)OCO2)C(=O)[C@H](N)C(C)(C)C. The van der Waals surface area contributed by atoms with Crippen molar-refractivity contribution in [2.75, 3.05) is 13.3 Å². The maximum absolute atomic E-state index is 12.5. The van der Waals surface area contributed by atoms with Crippen LogP contribution in [0.2, 0.25) is 0 Å². The van der Waals surface area contributed by atoms with Gasteiger partial charge < -0.3 is 20.1 Å². The average molecular weight is 292 g/mol. The zero-order valence-electron chi connectivity index (χ0n) is 13.2. The molecule has 1 atom stereocenters. The minimum Gasteiger partial charge on any atom is -0.454 e. The minimum atomic E-state index is -0.508. The smallest absolute Gasteiger partial charge is 0.240 e. The predicted octanol–water partition coefficient (Wildman–Crippen LogP) is 2.14. The normalized spacial score (nSPS) is 14.9. The second kappa shape index (κ2) is 5.93. The molecule has 0 aromatic heterocycles. The number of fused-ring (bicyclic) bond motifs is 1. The minimum absolute atomic E-state index is 0.0253. The van der Waals surface area contributed by atoms with Crippen LogP contribution in [-0.2, 0) is 11.3 Å². The van der Waals surface area contributed by atoms with E-state index in [2.05, 4.69) is 0 Å². The Hall–Kier alpha value is -1.75. The lowest BCUT2D eigenvalue weighted by atomic mass is 9.86. The Bertz CT molecular complexity index is 523. The second-order valence-electron chi connectivity index (χ2n) is 6.38. The van der Waals surface area contributed by atoms with Gasteiger partial charge in [-0.1, -0.05) is 26.8 Å². The zero-order valence-corrected chi connectivity index (χ0v) is 13.2. The first-order chi connectivity index (χ1) is 9.82. The number of rotatable bonds is 4. The molecule has 1 heterocycles. The van der Waals surface area contributed by atoms with Crippen molar-refractivity contribution in [3.63, 3.8) is 0 Å². The Morgan fingerprint density at radius 2 is 2.00 bits per heavy atom. The van der Waals surface area contributed by atoms with Gasteiger partial charge in [-0.15, -0.1) is 0 Å². The lowest BCUT2D eigenvalue weighted by Crippen LogP contribution is -2.50. The van der Waals surface area contributed by atoms with E-state index in [0.29, 0.717) is 13.1 Å². The Morgan fingerprint density at radius 1 is 1.33 bits per heavy atom. The molecule has 0 saturated heterocycles. The monoisotopic (exact) mass is 292 g/mol.